The summed E-state index contributed by atoms with van der Waals surface area (Å²) in [6, 6.07) is 8.62. The van der Waals surface area contributed by atoms with Gasteiger partial charge in [0, 0.05) is 24.6 Å². The van der Waals surface area contributed by atoms with Gasteiger partial charge in [-0.05, 0) is 31.9 Å². The maximum Gasteiger partial charge on any atom is 0.122 e. The summed E-state index contributed by atoms with van der Waals surface area (Å²) in [6.45, 7) is 6.66. The molecule has 2 rings (SSSR count). The van der Waals surface area contributed by atoms with Crippen LogP contribution in [0.3, 0.4) is 0 Å². The summed E-state index contributed by atoms with van der Waals surface area (Å²) in [5, 5.41) is 3.52. The van der Waals surface area contributed by atoms with Crippen LogP contribution in [0, 0.1) is 5.92 Å². The maximum absolute atomic E-state index is 5.79. The highest BCUT2D eigenvalue weighted by Gasteiger charge is 2.20. The predicted molar refractivity (Wildman–Crippen MR) is 73.3 cm³/mol. The molecule has 0 aliphatic heterocycles. The van der Waals surface area contributed by atoms with Crippen molar-refractivity contribution in [3.63, 3.8) is 0 Å². The van der Waals surface area contributed by atoms with Gasteiger partial charge in [0.25, 0.3) is 0 Å². The summed E-state index contributed by atoms with van der Waals surface area (Å²) in [6.07, 6.45) is 2.67. The Balaban J connectivity index is 1.72. The molecule has 1 aromatic rings. The number of ether oxygens (including phenoxy) is 2. The van der Waals surface area contributed by atoms with Gasteiger partial charge in [-0.3, -0.25) is 0 Å². The Morgan fingerprint density at radius 3 is 2.67 bits per heavy atom. The van der Waals surface area contributed by atoms with Crippen molar-refractivity contribution in [3.05, 3.63) is 24.3 Å². The van der Waals surface area contributed by atoms with Gasteiger partial charge < -0.3 is 14.8 Å². The fourth-order valence-electron chi connectivity index (χ4n) is 1.77. The first-order valence-electron chi connectivity index (χ1n) is 6.87. The smallest absolute Gasteiger partial charge is 0.122 e. The Hall–Kier alpha value is -1.22. The van der Waals surface area contributed by atoms with Gasteiger partial charge >= 0.3 is 0 Å². The van der Waals surface area contributed by atoms with Gasteiger partial charge in [-0.25, -0.2) is 0 Å². The Morgan fingerprint density at radius 1 is 1.28 bits per heavy atom. The lowest BCUT2D eigenvalue weighted by Gasteiger charge is -2.14. The van der Waals surface area contributed by atoms with Crippen LogP contribution in [0.4, 0.5) is 0 Å². The Kier molecular flexibility index (Phi) is 4.88. The van der Waals surface area contributed by atoms with Crippen LogP contribution in [0.15, 0.2) is 24.3 Å². The minimum absolute atomic E-state index is 0.529. The second-order valence-corrected chi connectivity index (χ2v) is 5.01. The van der Waals surface area contributed by atoms with Crippen LogP contribution in [0.2, 0.25) is 0 Å². The minimum Gasteiger partial charge on any atom is -0.494 e. The van der Waals surface area contributed by atoms with Gasteiger partial charge in [0.2, 0.25) is 0 Å². The lowest BCUT2D eigenvalue weighted by atomic mass is 10.2. The van der Waals surface area contributed by atoms with Crippen molar-refractivity contribution >= 4 is 0 Å². The van der Waals surface area contributed by atoms with Crippen LogP contribution >= 0.6 is 0 Å². The summed E-state index contributed by atoms with van der Waals surface area (Å²) in [5.41, 5.74) is 0. The lowest BCUT2D eigenvalue weighted by Crippen LogP contribution is -2.26. The van der Waals surface area contributed by atoms with E-state index >= 15 is 0 Å². The van der Waals surface area contributed by atoms with Gasteiger partial charge in [-0.15, -0.1) is 0 Å². The quantitative estimate of drug-likeness (QED) is 0.768. The zero-order valence-corrected chi connectivity index (χ0v) is 11.3. The third-order valence-corrected chi connectivity index (χ3v) is 2.98. The molecule has 1 aliphatic carbocycles. The van der Waals surface area contributed by atoms with E-state index in [4.69, 9.17) is 9.47 Å². The molecule has 0 amide bonds. The van der Waals surface area contributed by atoms with E-state index < -0.39 is 0 Å². The zero-order chi connectivity index (χ0) is 12.8. The Morgan fingerprint density at radius 2 is 2.00 bits per heavy atom. The summed E-state index contributed by atoms with van der Waals surface area (Å²) >= 11 is 0. The second kappa shape index (κ2) is 6.64. The molecule has 1 N–H and O–H groups in total. The molecule has 1 unspecified atom stereocenters. The van der Waals surface area contributed by atoms with E-state index in [-0.39, 0.29) is 0 Å². The highest BCUT2D eigenvalue weighted by Crippen LogP contribution is 2.21. The fourth-order valence-corrected chi connectivity index (χ4v) is 1.77. The predicted octanol–water partition coefficient (Wildman–Crippen LogP) is 2.85. The van der Waals surface area contributed by atoms with Crippen molar-refractivity contribution in [2.24, 2.45) is 5.92 Å². The Labute approximate surface area is 109 Å². The maximum atomic E-state index is 5.79. The number of hydrogen-bond acceptors (Lipinski definition) is 3. The molecule has 1 saturated carbocycles. The monoisotopic (exact) mass is 249 g/mol. The molecule has 1 atom stereocenters. The zero-order valence-electron chi connectivity index (χ0n) is 11.3. The molecule has 1 aromatic carbocycles. The third-order valence-electron chi connectivity index (χ3n) is 2.98. The molecule has 3 nitrogen and oxygen atoms in total. The van der Waals surface area contributed by atoms with Crippen LogP contribution in [0.5, 0.6) is 11.5 Å². The second-order valence-electron chi connectivity index (χ2n) is 5.01. The van der Waals surface area contributed by atoms with Crippen molar-refractivity contribution in [1.82, 2.24) is 5.32 Å². The molecule has 100 valence electrons. The molecule has 18 heavy (non-hydrogen) atoms. The highest BCUT2D eigenvalue weighted by atomic mass is 16.5. The molecule has 1 aliphatic rings. The van der Waals surface area contributed by atoms with Crippen molar-refractivity contribution in [2.45, 2.75) is 32.7 Å². The standard InChI is InChI=1S/C15H23NO2/c1-3-17-14-5-4-6-15(9-14)18-11-12(2)10-16-13-7-8-13/h4-6,9,12-13,16H,3,7-8,10-11H2,1-2H3. The van der Waals surface area contributed by atoms with Gasteiger partial charge in [-0.2, -0.15) is 0 Å². The third kappa shape index (κ3) is 4.57. The molecular formula is C15H23NO2. The van der Waals surface area contributed by atoms with E-state index in [0.717, 1.165) is 30.7 Å². The molecule has 0 aromatic heterocycles. The van der Waals surface area contributed by atoms with E-state index in [0.29, 0.717) is 12.5 Å². The molecule has 3 heteroatoms. The van der Waals surface area contributed by atoms with E-state index in [1.165, 1.54) is 12.8 Å². The topological polar surface area (TPSA) is 30.5 Å². The molecular weight excluding hydrogens is 226 g/mol. The SMILES string of the molecule is CCOc1cccc(OCC(C)CNC2CC2)c1. The van der Waals surface area contributed by atoms with Crippen molar-refractivity contribution in [1.29, 1.82) is 0 Å². The molecule has 0 bridgehead atoms. The molecule has 0 saturated heterocycles. The summed E-state index contributed by atoms with van der Waals surface area (Å²) < 4.78 is 11.2. The van der Waals surface area contributed by atoms with Crippen molar-refractivity contribution in [2.75, 3.05) is 19.8 Å². The summed E-state index contributed by atoms with van der Waals surface area (Å²) in [4.78, 5) is 0. The van der Waals surface area contributed by atoms with E-state index in [9.17, 15) is 0 Å². The molecule has 1 fully saturated rings. The Bertz CT molecular complexity index is 363. The molecule has 0 radical (unpaired) electrons. The number of nitrogens with one attached hydrogen (secondary N) is 1. The average molecular weight is 249 g/mol. The fraction of sp³-hybridized carbons (Fsp3) is 0.600. The van der Waals surface area contributed by atoms with Crippen LogP contribution in [-0.2, 0) is 0 Å². The highest BCUT2D eigenvalue weighted by molar-refractivity contribution is 5.32. The van der Waals surface area contributed by atoms with Gasteiger partial charge in [0.05, 0.1) is 13.2 Å². The summed E-state index contributed by atoms with van der Waals surface area (Å²) in [5.74, 6) is 2.29. The first kappa shape index (κ1) is 13.2. The summed E-state index contributed by atoms with van der Waals surface area (Å²) in [7, 11) is 0. The number of benzene rings is 1. The van der Waals surface area contributed by atoms with Crippen molar-refractivity contribution in [3.8, 4) is 11.5 Å². The largest absolute Gasteiger partial charge is 0.494 e. The first-order valence-corrected chi connectivity index (χ1v) is 6.87. The van der Waals surface area contributed by atoms with Crippen LogP contribution in [0.25, 0.3) is 0 Å². The van der Waals surface area contributed by atoms with Crippen LogP contribution in [-0.4, -0.2) is 25.8 Å². The average Bonchev–Trinajstić information content (AvgIpc) is 3.19. The number of hydrogen-bond donors (Lipinski definition) is 1. The van der Waals surface area contributed by atoms with Gasteiger partial charge in [0.1, 0.15) is 11.5 Å². The minimum atomic E-state index is 0.529. The van der Waals surface area contributed by atoms with Gasteiger partial charge in [0.15, 0.2) is 0 Å². The van der Waals surface area contributed by atoms with Crippen LogP contribution < -0.4 is 14.8 Å². The van der Waals surface area contributed by atoms with Gasteiger partial charge in [-0.1, -0.05) is 13.0 Å². The molecule has 0 heterocycles. The number of rotatable bonds is 8. The lowest BCUT2D eigenvalue weighted by molar-refractivity contribution is 0.253. The van der Waals surface area contributed by atoms with E-state index in [1.54, 1.807) is 0 Å². The van der Waals surface area contributed by atoms with E-state index in [1.807, 2.05) is 31.2 Å². The van der Waals surface area contributed by atoms with E-state index in [2.05, 4.69) is 12.2 Å². The first-order chi connectivity index (χ1) is 8.78. The molecule has 0 spiro atoms. The van der Waals surface area contributed by atoms with Crippen molar-refractivity contribution < 1.29 is 9.47 Å². The normalized spacial score (nSPS) is 16.3. The van der Waals surface area contributed by atoms with Crippen LogP contribution in [0.1, 0.15) is 26.7 Å².